The predicted molar refractivity (Wildman–Crippen MR) is 112 cm³/mol. The van der Waals surface area contributed by atoms with Crippen LogP contribution in [-0.2, 0) is 22.4 Å². The van der Waals surface area contributed by atoms with E-state index in [0.717, 1.165) is 22.0 Å². The first-order valence-corrected chi connectivity index (χ1v) is 10.4. The molecule has 4 rings (SSSR count). The van der Waals surface area contributed by atoms with Gasteiger partial charge in [-0.15, -0.1) is 10.2 Å². The maximum atomic E-state index is 12.6. The predicted octanol–water partition coefficient (Wildman–Crippen LogP) is 2.90. The lowest BCUT2D eigenvalue weighted by Crippen LogP contribution is -2.43. The molecule has 2 N–H and O–H groups in total. The number of rotatable bonds is 5. The number of benzene rings is 1. The van der Waals surface area contributed by atoms with Crippen LogP contribution in [-0.4, -0.2) is 45.7 Å². The summed E-state index contributed by atoms with van der Waals surface area (Å²) in [7, 11) is 0. The van der Waals surface area contributed by atoms with Crippen molar-refractivity contribution >= 4 is 34.0 Å². The Morgan fingerprint density at radius 1 is 1.24 bits per heavy atom. The number of carbonyl (C=O) groups is 1. The summed E-state index contributed by atoms with van der Waals surface area (Å²) in [6.07, 6.45) is 0.571. The largest absolute Gasteiger partial charge is 0.374 e. The van der Waals surface area contributed by atoms with Crippen molar-refractivity contribution in [3.05, 3.63) is 69.4 Å². The summed E-state index contributed by atoms with van der Waals surface area (Å²) >= 11 is 7.51. The summed E-state index contributed by atoms with van der Waals surface area (Å²) in [6, 6.07) is 13.6. The zero-order valence-electron chi connectivity index (χ0n) is 15.6. The van der Waals surface area contributed by atoms with Gasteiger partial charge in [-0.3, -0.25) is 9.78 Å². The van der Waals surface area contributed by atoms with Crippen molar-refractivity contribution in [1.82, 2.24) is 20.1 Å². The Balaban J connectivity index is 1.44. The normalized spacial score (nSPS) is 16.7. The molecule has 0 saturated carbocycles. The molecule has 1 aromatic carbocycles. The van der Waals surface area contributed by atoms with Gasteiger partial charge in [0.2, 0.25) is 11.0 Å². The number of hydrogen-bond acceptors (Lipinski definition) is 7. The number of nitrogens with two attached hydrogens (primary N) is 1. The standard InChI is InChI=1S/C20H20ClN5O2S/c21-15-6-2-1-4-13(15)10-14-5-3-7-16(23-14)17-12-26(8-9-28-17)19(27)11-18-24-25-20(22)29-18/h1-7,17H,8-12H2,(H2,22,25)/t17-/m0/s1. The molecule has 3 aromatic rings. The van der Waals surface area contributed by atoms with E-state index in [0.29, 0.717) is 36.3 Å². The number of ether oxygens (including phenoxy) is 1. The molecule has 1 atom stereocenters. The summed E-state index contributed by atoms with van der Waals surface area (Å²) in [6.45, 7) is 1.46. The van der Waals surface area contributed by atoms with Crippen LogP contribution < -0.4 is 5.73 Å². The lowest BCUT2D eigenvalue weighted by molar-refractivity contribution is -0.138. The highest BCUT2D eigenvalue weighted by Crippen LogP contribution is 2.24. The second-order valence-corrected chi connectivity index (χ2v) is 8.23. The number of halogens is 1. The van der Waals surface area contributed by atoms with Gasteiger partial charge in [0, 0.05) is 23.7 Å². The highest BCUT2D eigenvalue weighted by molar-refractivity contribution is 7.15. The average Bonchev–Trinajstić information content (AvgIpc) is 3.14. The zero-order chi connectivity index (χ0) is 20.2. The third kappa shape index (κ3) is 4.90. The van der Waals surface area contributed by atoms with Gasteiger partial charge in [-0.25, -0.2) is 0 Å². The van der Waals surface area contributed by atoms with Crippen molar-refractivity contribution in [2.75, 3.05) is 25.4 Å². The third-order valence-corrected chi connectivity index (χ3v) is 5.81. The van der Waals surface area contributed by atoms with Crippen LogP contribution in [0.4, 0.5) is 5.13 Å². The first-order valence-electron chi connectivity index (χ1n) is 9.25. The van der Waals surface area contributed by atoms with E-state index in [1.165, 1.54) is 11.3 Å². The van der Waals surface area contributed by atoms with Crippen LogP contribution in [0.2, 0.25) is 5.02 Å². The van der Waals surface area contributed by atoms with Gasteiger partial charge in [0.1, 0.15) is 11.1 Å². The Bertz CT molecular complexity index is 1010. The Kier molecular flexibility index (Phi) is 6.03. The summed E-state index contributed by atoms with van der Waals surface area (Å²) in [5.41, 5.74) is 8.34. The lowest BCUT2D eigenvalue weighted by atomic mass is 10.1. The maximum absolute atomic E-state index is 12.6. The monoisotopic (exact) mass is 429 g/mol. The molecule has 0 unspecified atom stereocenters. The molecule has 150 valence electrons. The van der Waals surface area contributed by atoms with Crippen LogP contribution in [0.1, 0.15) is 28.1 Å². The first kappa shape index (κ1) is 19.8. The molecule has 0 spiro atoms. The van der Waals surface area contributed by atoms with Crippen LogP contribution in [0, 0.1) is 0 Å². The SMILES string of the molecule is Nc1nnc(CC(=O)N2CCO[C@H](c3cccc(Cc4ccccc4Cl)n3)C2)s1. The van der Waals surface area contributed by atoms with Crippen molar-refractivity contribution < 1.29 is 9.53 Å². The molecule has 1 aliphatic rings. The minimum absolute atomic E-state index is 0.0123. The van der Waals surface area contributed by atoms with E-state index in [1.807, 2.05) is 42.5 Å². The quantitative estimate of drug-likeness (QED) is 0.670. The van der Waals surface area contributed by atoms with Crippen molar-refractivity contribution in [3.8, 4) is 0 Å². The summed E-state index contributed by atoms with van der Waals surface area (Å²) in [4.78, 5) is 19.2. The number of pyridine rings is 1. The Morgan fingerprint density at radius 3 is 2.90 bits per heavy atom. The third-order valence-electron chi connectivity index (χ3n) is 4.69. The van der Waals surface area contributed by atoms with Crippen molar-refractivity contribution in [1.29, 1.82) is 0 Å². The number of aromatic nitrogens is 3. The molecule has 9 heteroatoms. The van der Waals surface area contributed by atoms with E-state index in [-0.39, 0.29) is 18.4 Å². The number of amides is 1. The minimum atomic E-state index is -0.265. The fraction of sp³-hybridized carbons (Fsp3) is 0.300. The number of nitrogens with zero attached hydrogens (tertiary/aromatic N) is 4. The van der Waals surface area contributed by atoms with E-state index < -0.39 is 0 Å². The second kappa shape index (κ2) is 8.86. The first-order chi connectivity index (χ1) is 14.1. The molecular formula is C20H20ClN5O2S. The highest BCUT2D eigenvalue weighted by atomic mass is 35.5. The number of hydrogen-bond donors (Lipinski definition) is 1. The fourth-order valence-corrected chi connectivity index (χ4v) is 4.05. The topological polar surface area (TPSA) is 94.2 Å². The van der Waals surface area contributed by atoms with E-state index in [9.17, 15) is 4.79 Å². The van der Waals surface area contributed by atoms with Gasteiger partial charge >= 0.3 is 0 Å². The summed E-state index contributed by atoms with van der Waals surface area (Å²) < 4.78 is 5.90. The van der Waals surface area contributed by atoms with Crippen molar-refractivity contribution in [2.24, 2.45) is 0 Å². The van der Waals surface area contributed by atoms with Crippen LogP contribution in [0.25, 0.3) is 0 Å². The van der Waals surface area contributed by atoms with E-state index in [1.54, 1.807) is 4.90 Å². The minimum Gasteiger partial charge on any atom is -0.374 e. The highest BCUT2D eigenvalue weighted by Gasteiger charge is 2.27. The number of morpholine rings is 1. The van der Waals surface area contributed by atoms with E-state index >= 15 is 0 Å². The Labute approximate surface area is 177 Å². The molecule has 1 fully saturated rings. The van der Waals surface area contributed by atoms with E-state index in [4.69, 9.17) is 27.1 Å². The summed E-state index contributed by atoms with van der Waals surface area (Å²) in [5.74, 6) is -0.0123. The summed E-state index contributed by atoms with van der Waals surface area (Å²) in [5, 5.41) is 9.40. The zero-order valence-corrected chi connectivity index (χ0v) is 17.2. The molecule has 0 aliphatic carbocycles. The fourth-order valence-electron chi connectivity index (χ4n) is 3.25. The van der Waals surface area contributed by atoms with Gasteiger partial charge < -0.3 is 15.4 Å². The Hall–Kier alpha value is -2.55. The molecule has 2 aromatic heterocycles. The smallest absolute Gasteiger partial charge is 0.229 e. The van der Waals surface area contributed by atoms with Gasteiger partial charge in [0.05, 0.1) is 25.3 Å². The molecule has 7 nitrogen and oxygen atoms in total. The van der Waals surface area contributed by atoms with Gasteiger partial charge in [-0.1, -0.05) is 47.2 Å². The van der Waals surface area contributed by atoms with Crippen LogP contribution >= 0.6 is 22.9 Å². The molecule has 0 bridgehead atoms. The molecule has 3 heterocycles. The number of anilines is 1. The van der Waals surface area contributed by atoms with Crippen LogP contribution in [0.5, 0.6) is 0 Å². The van der Waals surface area contributed by atoms with Crippen LogP contribution in [0.3, 0.4) is 0 Å². The van der Waals surface area contributed by atoms with Gasteiger partial charge in [0.15, 0.2) is 0 Å². The number of carbonyl (C=O) groups excluding carboxylic acids is 1. The average molecular weight is 430 g/mol. The van der Waals surface area contributed by atoms with Crippen molar-refractivity contribution in [3.63, 3.8) is 0 Å². The number of nitrogen functional groups attached to an aromatic ring is 1. The van der Waals surface area contributed by atoms with Gasteiger partial charge in [0.25, 0.3) is 0 Å². The van der Waals surface area contributed by atoms with Gasteiger partial charge in [-0.2, -0.15) is 0 Å². The molecular weight excluding hydrogens is 410 g/mol. The molecule has 29 heavy (non-hydrogen) atoms. The van der Waals surface area contributed by atoms with Crippen molar-refractivity contribution in [2.45, 2.75) is 18.9 Å². The second-order valence-electron chi connectivity index (χ2n) is 6.73. The maximum Gasteiger partial charge on any atom is 0.229 e. The van der Waals surface area contributed by atoms with E-state index in [2.05, 4.69) is 10.2 Å². The Morgan fingerprint density at radius 2 is 2.10 bits per heavy atom. The van der Waals surface area contributed by atoms with Crippen LogP contribution in [0.15, 0.2) is 42.5 Å². The molecule has 1 aliphatic heterocycles. The lowest BCUT2D eigenvalue weighted by Gasteiger charge is -2.32. The van der Waals surface area contributed by atoms with Gasteiger partial charge in [-0.05, 0) is 23.8 Å². The molecule has 0 radical (unpaired) electrons. The molecule has 1 saturated heterocycles. The molecule has 1 amide bonds.